The van der Waals surface area contributed by atoms with Gasteiger partial charge in [0.25, 0.3) is 5.91 Å². The number of carbonyl (C=O) groups is 3. The SMILES string of the molecule is COC(=O)Cn1c(=NC(=O)C2CCCN2S(C)(=O)=O)sc2cc(C(=O)OC)ccc21. The summed E-state index contributed by atoms with van der Waals surface area (Å²) >= 11 is 1.11. The number of sulfonamides is 1. The third-order valence-corrected chi connectivity index (χ3v) is 7.07. The minimum absolute atomic E-state index is 0.194. The first kappa shape index (κ1) is 22.1. The van der Waals surface area contributed by atoms with E-state index in [9.17, 15) is 22.8 Å². The Balaban J connectivity index is 2.10. The molecule has 0 N–H and O–H groups in total. The van der Waals surface area contributed by atoms with Crippen molar-refractivity contribution in [3.05, 3.63) is 28.6 Å². The maximum Gasteiger partial charge on any atom is 0.337 e. The molecule has 0 aliphatic carbocycles. The average molecular weight is 456 g/mol. The highest BCUT2D eigenvalue weighted by Gasteiger charge is 2.36. The van der Waals surface area contributed by atoms with Gasteiger partial charge < -0.3 is 14.0 Å². The van der Waals surface area contributed by atoms with Crippen molar-refractivity contribution in [1.29, 1.82) is 0 Å². The van der Waals surface area contributed by atoms with Crippen molar-refractivity contribution in [2.45, 2.75) is 25.4 Å². The summed E-state index contributed by atoms with van der Waals surface area (Å²) in [6.07, 6.45) is 2.00. The third kappa shape index (κ3) is 4.45. The van der Waals surface area contributed by atoms with Crippen LogP contribution in [-0.4, -0.2) is 68.2 Å². The van der Waals surface area contributed by atoms with Crippen LogP contribution in [0.4, 0.5) is 0 Å². The molecular weight excluding hydrogens is 434 g/mol. The predicted molar refractivity (Wildman–Crippen MR) is 108 cm³/mol. The van der Waals surface area contributed by atoms with Crippen molar-refractivity contribution in [3.63, 3.8) is 0 Å². The number of hydrogen-bond donors (Lipinski definition) is 0. The molecule has 30 heavy (non-hydrogen) atoms. The summed E-state index contributed by atoms with van der Waals surface area (Å²) in [6, 6.07) is 3.88. The topological polar surface area (TPSA) is 124 Å². The van der Waals surface area contributed by atoms with Gasteiger partial charge in [0.2, 0.25) is 10.0 Å². The molecule has 1 amide bonds. The molecule has 3 rings (SSSR count). The van der Waals surface area contributed by atoms with Crippen molar-refractivity contribution in [3.8, 4) is 0 Å². The van der Waals surface area contributed by atoms with Crippen LogP contribution in [0.2, 0.25) is 0 Å². The standard InChI is InChI=1S/C18H21N3O7S2/c1-27-15(22)10-20-12-7-6-11(17(24)28-2)9-14(12)29-18(20)19-16(23)13-5-4-8-21(13)30(3,25)26/h6-7,9,13H,4-5,8,10H2,1-3H3. The first-order chi connectivity index (χ1) is 14.2. The second-order valence-corrected chi connectivity index (χ2v) is 9.65. The van der Waals surface area contributed by atoms with E-state index in [1.54, 1.807) is 18.2 Å². The Labute approximate surface area is 176 Å². The number of carbonyl (C=O) groups excluding carboxylic acids is 3. The van der Waals surface area contributed by atoms with E-state index in [4.69, 9.17) is 9.47 Å². The smallest absolute Gasteiger partial charge is 0.337 e. The van der Waals surface area contributed by atoms with Gasteiger partial charge >= 0.3 is 11.9 Å². The molecular formula is C18H21N3O7S2. The number of esters is 2. The Hall–Kier alpha value is -2.57. The number of ether oxygens (including phenoxy) is 2. The molecule has 1 aliphatic heterocycles. The van der Waals surface area contributed by atoms with Crippen LogP contribution in [-0.2, 0) is 35.6 Å². The molecule has 2 heterocycles. The summed E-state index contributed by atoms with van der Waals surface area (Å²) in [4.78, 5) is 40.9. The molecule has 0 spiro atoms. The molecule has 1 atom stereocenters. The van der Waals surface area contributed by atoms with Gasteiger partial charge in [0, 0.05) is 6.54 Å². The van der Waals surface area contributed by atoms with E-state index in [0.717, 1.165) is 21.9 Å². The molecule has 1 unspecified atom stereocenters. The Morgan fingerprint density at radius 1 is 1.23 bits per heavy atom. The zero-order valence-electron chi connectivity index (χ0n) is 16.7. The van der Waals surface area contributed by atoms with Crippen LogP contribution in [0.25, 0.3) is 10.2 Å². The molecule has 2 aromatic rings. The first-order valence-electron chi connectivity index (χ1n) is 8.99. The van der Waals surface area contributed by atoms with Crippen LogP contribution >= 0.6 is 11.3 Å². The molecule has 0 saturated carbocycles. The quantitative estimate of drug-likeness (QED) is 0.602. The molecule has 0 bridgehead atoms. The summed E-state index contributed by atoms with van der Waals surface area (Å²) in [7, 11) is -1.02. The van der Waals surface area contributed by atoms with Crippen molar-refractivity contribution in [1.82, 2.24) is 8.87 Å². The van der Waals surface area contributed by atoms with Crippen molar-refractivity contribution in [2.24, 2.45) is 4.99 Å². The molecule has 12 heteroatoms. The molecule has 1 aliphatic rings. The highest BCUT2D eigenvalue weighted by atomic mass is 32.2. The van der Waals surface area contributed by atoms with Gasteiger partial charge in [-0.05, 0) is 31.0 Å². The second-order valence-electron chi connectivity index (χ2n) is 6.70. The Morgan fingerprint density at radius 3 is 2.60 bits per heavy atom. The van der Waals surface area contributed by atoms with Crippen LogP contribution in [0.3, 0.4) is 0 Å². The van der Waals surface area contributed by atoms with Crippen LogP contribution in [0, 0.1) is 0 Å². The summed E-state index contributed by atoms with van der Waals surface area (Å²) in [5, 5.41) is 0. The van der Waals surface area contributed by atoms with Crippen molar-refractivity contribution < 1.29 is 32.3 Å². The molecule has 1 aromatic heterocycles. The molecule has 1 aromatic carbocycles. The van der Waals surface area contributed by atoms with E-state index in [1.165, 1.54) is 18.8 Å². The molecule has 1 fully saturated rings. The van der Waals surface area contributed by atoms with Gasteiger partial charge in [-0.2, -0.15) is 9.30 Å². The molecule has 1 saturated heterocycles. The number of rotatable bonds is 5. The van der Waals surface area contributed by atoms with E-state index in [2.05, 4.69) is 4.99 Å². The largest absolute Gasteiger partial charge is 0.468 e. The number of amides is 1. The first-order valence-corrected chi connectivity index (χ1v) is 11.7. The Morgan fingerprint density at radius 2 is 1.97 bits per heavy atom. The van der Waals surface area contributed by atoms with Gasteiger partial charge in [0.1, 0.15) is 12.6 Å². The number of benzene rings is 1. The summed E-state index contributed by atoms with van der Waals surface area (Å²) < 4.78 is 36.6. The zero-order chi connectivity index (χ0) is 22.1. The van der Waals surface area contributed by atoms with E-state index in [1.807, 2.05) is 0 Å². The van der Waals surface area contributed by atoms with Gasteiger partial charge in [-0.25, -0.2) is 13.2 Å². The van der Waals surface area contributed by atoms with Gasteiger partial charge in [0.15, 0.2) is 4.80 Å². The maximum atomic E-state index is 12.8. The number of methoxy groups -OCH3 is 2. The van der Waals surface area contributed by atoms with Gasteiger partial charge in [-0.3, -0.25) is 9.59 Å². The lowest BCUT2D eigenvalue weighted by Crippen LogP contribution is -2.40. The average Bonchev–Trinajstić information content (AvgIpc) is 3.32. The van der Waals surface area contributed by atoms with Gasteiger partial charge in [-0.1, -0.05) is 11.3 Å². The lowest BCUT2D eigenvalue weighted by atomic mass is 10.2. The van der Waals surface area contributed by atoms with Gasteiger partial charge in [0.05, 0.1) is 36.3 Å². The van der Waals surface area contributed by atoms with Gasteiger partial charge in [-0.15, -0.1) is 0 Å². The minimum atomic E-state index is -3.54. The van der Waals surface area contributed by atoms with Crippen LogP contribution in [0.5, 0.6) is 0 Å². The Bertz CT molecular complexity index is 1180. The van der Waals surface area contributed by atoms with Crippen molar-refractivity contribution in [2.75, 3.05) is 27.0 Å². The van der Waals surface area contributed by atoms with Crippen LogP contribution in [0.15, 0.2) is 23.2 Å². The molecule has 0 radical (unpaired) electrons. The summed E-state index contributed by atoms with van der Waals surface area (Å²) in [6.45, 7) is 0.0719. The Kier molecular flexibility index (Phi) is 6.38. The second kappa shape index (κ2) is 8.66. The number of aromatic nitrogens is 1. The minimum Gasteiger partial charge on any atom is -0.468 e. The van der Waals surface area contributed by atoms with E-state index in [-0.39, 0.29) is 17.9 Å². The van der Waals surface area contributed by atoms with E-state index in [0.29, 0.717) is 28.6 Å². The fourth-order valence-corrected chi connectivity index (χ4v) is 5.50. The number of nitrogens with zero attached hydrogens (tertiary/aromatic N) is 3. The number of fused-ring (bicyclic) bond motifs is 1. The summed E-state index contributed by atoms with van der Waals surface area (Å²) in [5.74, 6) is -1.66. The number of thiazole rings is 1. The van der Waals surface area contributed by atoms with Crippen LogP contribution in [0.1, 0.15) is 23.2 Å². The maximum absolute atomic E-state index is 12.8. The lowest BCUT2D eigenvalue weighted by Gasteiger charge is -2.18. The monoisotopic (exact) mass is 455 g/mol. The molecule has 10 nitrogen and oxygen atoms in total. The van der Waals surface area contributed by atoms with E-state index >= 15 is 0 Å². The summed E-state index contributed by atoms with van der Waals surface area (Å²) in [5.41, 5.74) is 0.893. The van der Waals surface area contributed by atoms with Crippen molar-refractivity contribution >= 4 is 49.4 Å². The predicted octanol–water partition coefficient (Wildman–Crippen LogP) is 0.514. The highest BCUT2D eigenvalue weighted by molar-refractivity contribution is 7.88. The fraction of sp³-hybridized carbons (Fsp3) is 0.444. The molecule has 162 valence electrons. The normalized spacial score (nSPS) is 18.0. The van der Waals surface area contributed by atoms with E-state index < -0.39 is 33.9 Å². The zero-order valence-corrected chi connectivity index (χ0v) is 18.3. The fourth-order valence-electron chi connectivity index (χ4n) is 3.30. The lowest BCUT2D eigenvalue weighted by molar-refractivity contribution is -0.141. The van der Waals surface area contributed by atoms with Crippen LogP contribution < -0.4 is 4.80 Å². The third-order valence-electron chi connectivity index (χ3n) is 4.74. The highest BCUT2D eigenvalue weighted by Crippen LogP contribution is 2.23. The number of hydrogen-bond acceptors (Lipinski definition) is 8.